The summed E-state index contributed by atoms with van der Waals surface area (Å²) < 4.78 is 19.9. The Morgan fingerprint density at radius 2 is 0.779 bits per heavy atom. The number of para-hydroxylation sites is 3. The van der Waals surface area contributed by atoms with Gasteiger partial charge < -0.3 is 54.9 Å². The van der Waals surface area contributed by atoms with Crippen LogP contribution < -0.4 is 35.6 Å². The van der Waals surface area contributed by atoms with Crippen molar-refractivity contribution in [3.05, 3.63) is 266 Å². The van der Waals surface area contributed by atoms with E-state index in [-0.39, 0.29) is 23.6 Å². The zero-order chi connectivity index (χ0) is 79.0. The topological polar surface area (TPSA) is 165 Å². The Bertz CT molecular complexity index is 4920. The summed E-state index contributed by atoms with van der Waals surface area (Å²) in [6.45, 7) is 16.3. The van der Waals surface area contributed by atoms with Gasteiger partial charge in [-0.05, 0) is 223 Å². The molecule has 0 radical (unpaired) electrons. The highest BCUT2D eigenvalue weighted by Crippen LogP contribution is 2.56. The average Bonchev–Trinajstić information content (AvgIpc) is 1.53. The second-order valence-corrected chi connectivity index (χ2v) is 33.4. The van der Waals surface area contributed by atoms with Gasteiger partial charge in [-0.15, -0.1) is 0 Å². The number of hydrogen-bond acceptors (Lipinski definition) is 11. The molecule has 6 saturated heterocycles. The number of halogens is 4. The number of amides is 3. The first-order valence-electron chi connectivity index (χ1n) is 40.5. The molecule has 9 aromatic rings. The predicted octanol–water partition coefficient (Wildman–Crippen LogP) is 20.4. The summed E-state index contributed by atoms with van der Waals surface area (Å²) in [5.74, 6) is 6.12. The van der Waals surface area contributed by atoms with Gasteiger partial charge in [-0.3, -0.25) is 14.4 Å². The normalized spacial score (nSPS) is 20.6. The maximum atomic E-state index is 13.2. The number of ether oxygens (including phenoxy) is 3. The van der Waals surface area contributed by atoms with Gasteiger partial charge in [-0.2, -0.15) is 0 Å². The van der Waals surface area contributed by atoms with E-state index < -0.39 is 11.4 Å². The Labute approximate surface area is 689 Å². The number of rotatable bonds is 13. The van der Waals surface area contributed by atoms with Crippen molar-refractivity contribution in [1.82, 2.24) is 30.7 Å². The van der Waals surface area contributed by atoms with E-state index in [0.717, 1.165) is 109 Å². The summed E-state index contributed by atoms with van der Waals surface area (Å²) in [5.41, 5.74) is 19.8. The molecule has 113 heavy (non-hydrogen) atoms. The Kier molecular flexibility index (Phi) is 26.5. The van der Waals surface area contributed by atoms with Gasteiger partial charge >= 0.3 is 7.12 Å². The number of hydrogen-bond donors (Lipinski definition) is 5. The first kappa shape index (κ1) is 81.1. The highest BCUT2D eigenvalue weighted by molar-refractivity contribution is 9.10. The minimum Gasteiger partial charge on any atom is -0.456 e. The highest BCUT2D eigenvalue weighted by Gasteiger charge is 2.43. The maximum Gasteiger partial charge on any atom is 0.488 e. The Balaban J connectivity index is 0.000000130. The minimum absolute atomic E-state index is 0.0534. The van der Waals surface area contributed by atoms with Gasteiger partial charge in [-0.25, -0.2) is 0 Å². The number of carbonyl (C=O) groups is 3. The molecule has 9 aromatic carbocycles. The van der Waals surface area contributed by atoms with Crippen LogP contribution in [0.15, 0.2) is 216 Å². The van der Waals surface area contributed by atoms with Crippen LogP contribution in [0.5, 0.6) is 34.5 Å². The zero-order valence-corrected chi connectivity index (χ0v) is 69.1. The third-order valence-corrected chi connectivity index (χ3v) is 24.5. The van der Waals surface area contributed by atoms with Crippen LogP contribution in [0.3, 0.4) is 0 Å². The molecule has 9 heterocycles. The molecule has 19 heteroatoms. The van der Waals surface area contributed by atoms with Crippen LogP contribution in [0.2, 0.25) is 0 Å². The first-order valence-corrected chi connectivity index (χ1v) is 42.6. The van der Waals surface area contributed by atoms with Crippen LogP contribution >= 0.6 is 50.7 Å². The number of piperidine rings is 3. The van der Waals surface area contributed by atoms with Crippen molar-refractivity contribution < 1.29 is 38.6 Å². The third-order valence-electron chi connectivity index (χ3n) is 23.9. The molecule has 9 aliphatic heterocycles. The largest absolute Gasteiger partial charge is 0.488 e. The summed E-state index contributed by atoms with van der Waals surface area (Å²) in [7, 11) is -1.34. The quantitative estimate of drug-likeness (QED) is 0.0551. The van der Waals surface area contributed by atoms with Crippen LogP contribution in [-0.4, -0.2) is 129 Å². The van der Waals surface area contributed by atoms with Crippen molar-refractivity contribution >= 4 is 92.2 Å². The number of nitrogens with zero attached hydrogens (tertiary/aromatic N) is 3. The molecule has 5 N–H and O–H groups in total. The summed E-state index contributed by atoms with van der Waals surface area (Å²) in [4.78, 5) is 44.8. The number of fused-ring (bicyclic) bond motifs is 12. The highest BCUT2D eigenvalue weighted by atomic mass is 79.9. The van der Waals surface area contributed by atoms with Crippen LogP contribution in [0.25, 0.3) is 33.4 Å². The lowest BCUT2D eigenvalue weighted by atomic mass is 9.72. The van der Waals surface area contributed by atoms with Gasteiger partial charge in [0.2, 0.25) is 0 Å². The van der Waals surface area contributed by atoms with E-state index in [0.29, 0.717) is 104 Å². The molecule has 6 fully saturated rings. The molecule has 7 atom stereocenters. The molecule has 14 nitrogen and oxygen atoms in total. The van der Waals surface area contributed by atoms with Gasteiger partial charge in [0.15, 0.2) is 4.30 Å². The van der Waals surface area contributed by atoms with Gasteiger partial charge in [0.05, 0.1) is 4.47 Å². The number of alkyl halides is 3. The zero-order valence-electron chi connectivity index (χ0n) is 65.3. The first-order chi connectivity index (χ1) is 54.9. The fraction of sp³-hybridized carbons (Fsp3) is 0.351. The van der Waals surface area contributed by atoms with Gasteiger partial charge in [0, 0.05) is 143 Å². The van der Waals surface area contributed by atoms with E-state index in [1.807, 2.05) is 117 Å². The summed E-state index contributed by atoms with van der Waals surface area (Å²) in [6.07, 6.45) is 14.3. The number of benzene rings is 9. The maximum absolute atomic E-state index is 13.2. The fourth-order valence-electron chi connectivity index (χ4n) is 18.5. The van der Waals surface area contributed by atoms with Gasteiger partial charge in [0.1, 0.15) is 34.5 Å². The van der Waals surface area contributed by atoms with Crippen molar-refractivity contribution in [2.75, 3.05) is 39.3 Å². The molecule has 0 aliphatic carbocycles. The van der Waals surface area contributed by atoms with E-state index in [2.05, 4.69) is 147 Å². The van der Waals surface area contributed by atoms with Crippen LogP contribution in [0.1, 0.15) is 189 Å². The Hall–Kier alpha value is -8.52. The predicted molar refractivity (Wildman–Crippen MR) is 462 cm³/mol. The van der Waals surface area contributed by atoms with Crippen LogP contribution in [0, 0.1) is 5.92 Å². The Morgan fingerprint density at radius 1 is 0.416 bits per heavy atom. The van der Waals surface area contributed by atoms with E-state index in [4.69, 9.17) is 59.1 Å². The van der Waals surface area contributed by atoms with Crippen molar-refractivity contribution in [3.63, 3.8) is 0 Å². The molecule has 0 saturated carbocycles. The van der Waals surface area contributed by atoms with Crippen molar-refractivity contribution in [2.45, 2.75) is 165 Å². The van der Waals surface area contributed by atoms with Crippen molar-refractivity contribution in [2.24, 2.45) is 5.92 Å². The second kappa shape index (κ2) is 37.0. The molecular weight excluding hydrogens is 1540 g/mol. The molecule has 0 aromatic heterocycles. The molecular formula is C94H101BBrCl3N6O8. The van der Waals surface area contributed by atoms with E-state index in [1.54, 1.807) is 24.3 Å². The standard InChI is InChI=1S/C31H34N2O2.C31H32N2O2.C25H27BrN2O2.C6H7BO2.CHCl3/c2*1-3-33(4-2)31(34)21-13-16-26-28(19-21)35-30-25(20-9-6-5-7-10-20)11-8-12-27(30)29(26)22-17-23-14-15-24(18-22)32-23;1-3-28(4-2)25(29)15-8-11-19-22(14-15)30-24-20(6-5-7-21(24)26)23(19)16-12-17-9-10-18(13-16)27-17;8-7(9)6-4-2-1-3-5-6;2-1(3)4/h5-13,16,19,22-24,29,32H,3-4,14-15,17-18H2,1-2H3;5-13,16,19,23-24,32H,3-4,14-15,17-18H2,1-2H3;5-8,11,14,17-18,27H,3-4,9-10,12-13H2,1-2H3;1-5,8-9H;1H. The van der Waals surface area contributed by atoms with Crippen molar-refractivity contribution in [1.29, 1.82) is 0 Å². The van der Waals surface area contributed by atoms with E-state index in [1.165, 1.54) is 84.8 Å². The average molecular weight is 1640 g/mol. The molecule has 6 bridgehead atoms. The molecule has 586 valence electrons. The Morgan fingerprint density at radius 3 is 1.22 bits per heavy atom. The lowest BCUT2D eigenvalue weighted by molar-refractivity contribution is 0.0765. The summed E-state index contributed by atoms with van der Waals surface area (Å²) in [6, 6.07) is 70.6. The van der Waals surface area contributed by atoms with Crippen molar-refractivity contribution in [3.8, 4) is 56.8 Å². The molecule has 9 aliphatic rings. The molecule has 0 spiro atoms. The smallest absolute Gasteiger partial charge is 0.456 e. The second-order valence-electron chi connectivity index (χ2n) is 30.6. The summed E-state index contributed by atoms with van der Waals surface area (Å²) in [5, 5.41) is 28.5. The van der Waals surface area contributed by atoms with Crippen LogP contribution in [0.4, 0.5) is 0 Å². The number of carbonyl (C=O) groups excluding carboxylic acids is 3. The lowest BCUT2D eigenvalue weighted by Gasteiger charge is -2.39. The number of nitrogens with one attached hydrogen (secondary N) is 3. The summed E-state index contributed by atoms with van der Waals surface area (Å²) >= 11 is 18.1. The third kappa shape index (κ3) is 18.0. The minimum atomic E-state index is -1.34. The molecule has 3 amide bonds. The SMILES string of the molecule is CCN(CC)C(=O)c1ccc2c(c1)Oc1c(-c3ccccc3)cccc1C2C1CC2CCC(C1)N2.CCN(CC)C(=O)c1ccc2c(c1)Oc1c(Br)cccc1C2=C1CC2CCC(C1)N2.CCN(CC)C(=O)c1ccc2c(c1)Oc1c(cccc1-c1ccccc1)C2=C1CC2CCC(C1)N2.ClC(Cl)Cl.OB(O)c1ccccc1. The van der Waals surface area contributed by atoms with Crippen LogP contribution in [-0.2, 0) is 0 Å². The van der Waals surface area contributed by atoms with E-state index >= 15 is 0 Å². The van der Waals surface area contributed by atoms with Gasteiger partial charge in [-0.1, -0.05) is 192 Å². The lowest BCUT2D eigenvalue weighted by Crippen LogP contribution is -2.40. The van der Waals surface area contributed by atoms with Gasteiger partial charge in [0.25, 0.3) is 17.7 Å². The van der Waals surface area contributed by atoms with E-state index in [9.17, 15) is 14.4 Å². The monoisotopic (exact) mass is 1640 g/mol. The molecule has 18 rings (SSSR count). The molecule has 7 unspecified atom stereocenters. The fourth-order valence-corrected chi connectivity index (χ4v) is 19.0.